The maximum absolute atomic E-state index is 5.83. The molecule has 0 N–H and O–H groups in total. The van der Waals surface area contributed by atoms with Gasteiger partial charge in [-0.2, -0.15) is 0 Å². The van der Waals surface area contributed by atoms with E-state index in [9.17, 15) is 0 Å². The lowest BCUT2D eigenvalue weighted by molar-refractivity contribution is 0.174. The molecule has 0 spiro atoms. The molecule has 0 saturated heterocycles. The van der Waals surface area contributed by atoms with Crippen LogP contribution < -0.4 is 19.1 Å². The van der Waals surface area contributed by atoms with E-state index in [0.29, 0.717) is 13.5 Å². The van der Waals surface area contributed by atoms with Gasteiger partial charge in [-0.15, -0.1) is 0 Å². The third kappa shape index (κ3) is 2.06. The van der Waals surface area contributed by atoms with Crippen LogP contribution in [0.4, 0.5) is 5.69 Å². The Labute approximate surface area is 130 Å². The van der Waals surface area contributed by atoms with Crippen molar-refractivity contribution in [2.24, 2.45) is 0 Å². The highest BCUT2D eigenvalue weighted by atomic mass is 127. The van der Waals surface area contributed by atoms with Gasteiger partial charge >= 0.3 is 0 Å². The van der Waals surface area contributed by atoms with Crippen molar-refractivity contribution in [1.29, 1.82) is 0 Å². The summed E-state index contributed by atoms with van der Waals surface area (Å²) in [4.78, 5) is 2.20. The molecule has 102 valence electrons. The SMILES string of the molecule is Ic1ccc(N2COc3cc4c(cc3C2)OCO4)cc1. The molecule has 4 rings (SSSR count). The lowest BCUT2D eigenvalue weighted by atomic mass is 10.1. The van der Waals surface area contributed by atoms with Gasteiger partial charge in [-0.1, -0.05) is 0 Å². The molecule has 0 fully saturated rings. The van der Waals surface area contributed by atoms with Gasteiger partial charge in [0.1, 0.15) is 5.75 Å². The molecule has 0 saturated carbocycles. The number of ether oxygens (including phenoxy) is 3. The molecule has 2 aromatic rings. The van der Waals surface area contributed by atoms with Gasteiger partial charge in [-0.3, -0.25) is 0 Å². The van der Waals surface area contributed by atoms with Crippen molar-refractivity contribution in [3.05, 3.63) is 45.5 Å². The van der Waals surface area contributed by atoms with E-state index < -0.39 is 0 Å². The number of nitrogens with zero attached hydrogens (tertiary/aromatic N) is 1. The summed E-state index contributed by atoms with van der Waals surface area (Å²) < 4.78 is 17.9. The third-order valence-corrected chi connectivity index (χ3v) is 4.20. The van der Waals surface area contributed by atoms with Gasteiger partial charge in [0.2, 0.25) is 6.79 Å². The number of hydrogen-bond acceptors (Lipinski definition) is 4. The summed E-state index contributed by atoms with van der Waals surface area (Å²) in [5.74, 6) is 2.46. The van der Waals surface area contributed by atoms with E-state index in [1.807, 2.05) is 12.1 Å². The normalized spacial score (nSPS) is 15.8. The van der Waals surface area contributed by atoms with Crippen LogP contribution in [-0.2, 0) is 6.54 Å². The van der Waals surface area contributed by atoms with Gasteiger partial charge in [0.25, 0.3) is 0 Å². The first-order valence-corrected chi connectivity index (χ1v) is 7.43. The Kier molecular flexibility index (Phi) is 2.87. The number of halogens is 1. The summed E-state index contributed by atoms with van der Waals surface area (Å²) >= 11 is 2.31. The third-order valence-electron chi connectivity index (χ3n) is 3.48. The average Bonchev–Trinajstić information content (AvgIpc) is 2.92. The predicted octanol–water partition coefficient (Wildman–Crippen LogP) is 3.38. The zero-order valence-electron chi connectivity index (χ0n) is 10.6. The second-order valence-corrected chi connectivity index (χ2v) is 6.01. The molecule has 2 aliphatic heterocycles. The van der Waals surface area contributed by atoms with E-state index in [-0.39, 0.29) is 0 Å². The Bertz CT molecular complexity index is 657. The Morgan fingerprint density at radius 1 is 0.900 bits per heavy atom. The molecule has 0 unspecified atom stereocenters. The molecule has 4 nitrogen and oxygen atoms in total. The van der Waals surface area contributed by atoms with E-state index in [1.54, 1.807) is 0 Å². The minimum absolute atomic E-state index is 0.291. The topological polar surface area (TPSA) is 30.9 Å². The molecular weight excluding hydrogens is 369 g/mol. The number of fused-ring (bicyclic) bond motifs is 2. The molecule has 2 aromatic carbocycles. The van der Waals surface area contributed by atoms with Gasteiger partial charge in [0, 0.05) is 27.4 Å². The van der Waals surface area contributed by atoms with Gasteiger partial charge < -0.3 is 19.1 Å². The van der Waals surface area contributed by atoms with E-state index in [4.69, 9.17) is 14.2 Å². The Balaban J connectivity index is 1.64. The standard InChI is InChI=1S/C15H12INO3/c16-11-1-3-12(4-2-11)17-7-10-5-14-15(20-9-19-14)6-13(10)18-8-17/h1-6H,7-9H2. The molecule has 0 amide bonds. The molecule has 0 aromatic heterocycles. The lowest BCUT2D eigenvalue weighted by Crippen LogP contribution is -2.31. The Morgan fingerprint density at radius 3 is 2.45 bits per heavy atom. The number of hydrogen-bond donors (Lipinski definition) is 0. The average molecular weight is 381 g/mol. The fraction of sp³-hybridized carbons (Fsp3) is 0.200. The van der Waals surface area contributed by atoms with Crippen LogP contribution in [0.3, 0.4) is 0 Å². The van der Waals surface area contributed by atoms with Crippen LogP contribution in [0.5, 0.6) is 17.2 Å². The van der Waals surface area contributed by atoms with Crippen molar-refractivity contribution in [3.63, 3.8) is 0 Å². The summed E-state index contributed by atoms with van der Waals surface area (Å²) in [5.41, 5.74) is 2.28. The monoisotopic (exact) mass is 381 g/mol. The second kappa shape index (κ2) is 4.73. The molecule has 2 aliphatic rings. The molecule has 20 heavy (non-hydrogen) atoms. The van der Waals surface area contributed by atoms with Gasteiger partial charge in [0.05, 0.1) is 0 Å². The number of rotatable bonds is 1. The van der Waals surface area contributed by atoms with Crippen LogP contribution >= 0.6 is 22.6 Å². The molecular formula is C15H12INO3. The first-order valence-electron chi connectivity index (χ1n) is 6.35. The van der Waals surface area contributed by atoms with Crippen LogP contribution in [0.25, 0.3) is 0 Å². The van der Waals surface area contributed by atoms with Crippen LogP contribution in [0.2, 0.25) is 0 Å². The second-order valence-electron chi connectivity index (χ2n) is 4.76. The van der Waals surface area contributed by atoms with Crippen LogP contribution in [0.1, 0.15) is 5.56 Å². The van der Waals surface area contributed by atoms with Crippen molar-refractivity contribution in [1.82, 2.24) is 0 Å². The maximum atomic E-state index is 5.83. The summed E-state index contributed by atoms with van der Waals surface area (Å²) in [7, 11) is 0. The first-order chi connectivity index (χ1) is 9.79. The first kappa shape index (κ1) is 12.1. The molecule has 0 aliphatic carbocycles. The van der Waals surface area contributed by atoms with Crippen molar-refractivity contribution in [2.45, 2.75) is 6.54 Å². The minimum Gasteiger partial charge on any atom is -0.473 e. The van der Waals surface area contributed by atoms with Crippen LogP contribution in [0, 0.1) is 3.57 Å². The molecule has 2 heterocycles. The zero-order chi connectivity index (χ0) is 13.5. The summed E-state index contributed by atoms with van der Waals surface area (Å²) in [6.45, 7) is 1.65. The van der Waals surface area contributed by atoms with Crippen LogP contribution in [-0.4, -0.2) is 13.5 Å². The van der Waals surface area contributed by atoms with E-state index in [1.165, 1.54) is 3.57 Å². The number of anilines is 1. The largest absolute Gasteiger partial charge is 0.473 e. The molecule has 0 radical (unpaired) electrons. The van der Waals surface area contributed by atoms with Crippen molar-refractivity contribution < 1.29 is 14.2 Å². The Morgan fingerprint density at radius 2 is 1.65 bits per heavy atom. The van der Waals surface area contributed by atoms with Gasteiger partial charge in [-0.25, -0.2) is 0 Å². The van der Waals surface area contributed by atoms with E-state index in [0.717, 1.165) is 35.0 Å². The maximum Gasteiger partial charge on any atom is 0.231 e. The summed E-state index contributed by atoms with van der Waals surface area (Å²) in [6, 6.07) is 12.4. The highest BCUT2D eigenvalue weighted by molar-refractivity contribution is 14.1. The lowest BCUT2D eigenvalue weighted by Gasteiger charge is -2.30. The number of benzene rings is 2. The molecule has 5 heteroatoms. The quantitative estimate of drug-likeness (QED) is 0.709. The summed E-state index contributed by atoms with van der Waals surface area (Å²) in [6.07, 6.45) is 0. The van der Waals surface area contributed by atoms with Crippen molar-refractivity contribution in [3.8, 4) is 17.2 Å². The van der Waals surface area contributed by atoms with Crippen LogP contribution in [0.15, 0.2) is 36.4 Å². The highest BCUT2D eigenvalue weighted by Gasteiger charge is 2.23. The highest BCUT2D eigenvalue weighted by Crippen LogP contribution is 2.40. The van der Waals surface area contributed by atoms with E-state index >= 15 is 0 Å². The van der Waals surface area contributed by atoms with E-state index in [2.05, 4.69) is 51.8 Å². The fourth-order valence-corrected chi connectivity index (χ4v) is 2.80. The van der Waals surface area contributed by atoms with Gasteiger partial charge in [-0.05, 0) is 52.9 Å². The van der Waals surface area contributed by atoms with Crippen molar-refractivity contribution >= 4 is 28.3 Å². The summed E-state index contributed by atoms with van der Waals surface area (Å²) in [5, 5.41) is 0. The smallest absolute Gasteiger partial charge is 0.231 e. The fourth-order valence-electron chi connectivity index (χ4n) is 2.44. The van der Waals surface area contributed by atoms with Crippen molar-refractivity contribution in [2.75, 3.05) is 18.4 Å². The Hall–Kier alpha value is -1.63. The molecule has 0 bridgehead atoms. The predicted molar refractivity (Wildman–Crippen MR) is 83.4 cm³/mol. The van der Waals surface area contributed by atoms with Gasteiger partial charge in [0.15, 0.2) is 18.2 Å². The molecule has 0 atom stereocenters. The zero-order valence-corrected chi connectivity index (χ0v) is 12.8. The minimum atomic E-state index is 0.291.